The summed E-state index contributed by atoms with van der Waals surface area (Å²) in [5.41, 5.74) is 3.61. The summed E-state index contributed by atoms with van der Waals surface area (Å²) >= 11 is 6.01. The topological polar surface area (TPSA) is 55.2 Å². The zero-order valence-electron chi connectivity index (χ0n) is 13.5. The molecule has 1 atom stereocenters. The molecule has 0 aliphatic carbocycles. The minimum absolute atomic E-state index is 0.0697. The van der Waals surface area contributed by atoms with Crippen molar-refractivity contribution in [2.45, 2.75) is 31.2 Å². The van der Waals surface area contributed by atoms with Gasteiger partial charge in [0.15, 0.2) is 5.03 Å². The van der Waals surface area contributed by atoms with Crippen LogP contribution in [-0.2, 0) is 17.1 Å². The summed E-state index contributed by atoms with van der Waals surface area (Å²) < 4.78 is 28.5. The highest BCUT2D eigenvalue weighted by Gasteiger charge is 2.36. The second kappa shape index (κ2) is 5.92. The van der Waals surface area contributed by atoms with Crippen LogP contribution in [0.3, 0.4) is 0 Å². The zero-order valence-corrected chi connectivity index (χ0v) is 15.0. The molecule has 1 aliphatic rings. The van der Waals surface area contributed by atoms with E-state index >= 15 is 0 Å². The molecule has 1 aromatic heterocycles. The molecule has 2 aromatic rings. The molecule has 23 heavy (non-hydrogen) atoms. The van der Waals surface area contributed by atoms with E-state index in [1.165, 1.54) is 31.9 Å². The first kappa shape index (κ1) is 16.5. The number of aryl methyl sites for hydroxylation is 3. The number of sulfonamides is 1. The van der Waals surface area contributed by atoms with E-state index in [0.717, 1.165) is 6.42 Å². The van der Waals surface area contributed by atoms with Crippen molar-refractivity contribution in [1.29, 1.82) is 0 Å². The number of hydrogen-bond acceptors (Lipinski definition) is 3. The molecular formula is C16H20ClN3O2S. The third-order valence-corrected chi connectivity index (χ3v) is 6.67. The molecule has 0 unspecified atom stereocenters. The molecule has 0 N–H and O–H groups in total. The van der Waals surface area contributed by atoms with Crippen molar-refractivity contribution < 1.29 is 8.42 Å². The maximum Gasteiger partial charge on any atom is 0.261 e. The lowest BCUT2D eigenvalue weighted by molar-refractivity contribution is 0.463. The Morgan fingerprint density at radius 2 is 1.87 bits per heavy atom. The van der Waals surface area contributed by atoms with Gasteiger partial charge in [-0.25, -0.2) is 8.42 Å². The lowest BCUT2D eigenvalue weighted by atomic mass is 9.95. The third-order valence-electron chi connectivity index (χ3n) is 4.29. The van der Waals surface area contributed by atoms with Crippen LogP contribution in [0.25, 0.3) is 0 Å². The van der Waals surface area contributed by atoms with Crippen LogP contribution in [0.4, 0.5) is 0 Å². The summed E-state index contributed by atoms with van der Waals surface area (Å²) in [5.74, 6) is 0.218. The third kappa shape index (κ3) is 3.03. The van der Waals surface area contributed by atoms with E-state index in [2.05, 4.69) is 37.1 Å². The van der Waals surface area contributed by atoms with E-state index in [0.29, 0.717) is 13.1 Å². The van der Waals surface area contributed by atoms with Gasteiger partial charge in [0.25, 0.3) is 10.0 Å². The van der Waals surface area contributed by atoms with E-state index < -0.39 is 10.0 Å². The lowest BCUT2D eigenvalue weighted by Gasteiger charge is -2.17. The predicted molar refractivity (Wildman–Crippen MR) is 90.3 cm³/mol. The molecule has 0 amide bonds. The SMILES string of the molecule is Cc1cc(C)cc([C@H]2CCN(S(=O)(=O)c3c(Cl)cnn3C)C2)c1. The van der Waals surface area contributed by atoms with E-state index in [1.54, 1.807) is 7.05 Å². The first-order valence-corrected chi connectivity index (χ1v) is 9.36. The highest BCUT2D eigenvalue weighted by atomic mass is 35.5. The highest BCUT2D eigenvalue weighted by Crippen LogP contribution is 2.33. The summed E-state index contributed by atoms with van der Waals surface area (Å²) in [6, 6.07) is 6.41. The van der Waals surface area contributed by atoms with Crippen LogP contribution in [0.5, 0.6) is 0 Å². The molecule has 124 valence electrons. The van der Waals surface area contributed by atoms with Crippen LogP contribution in [0.1, 0.15) is 29.0 Å². The maximum atomic E-state index is 12.8. The Kier molecular flexibility index (Phi) is 4.25. The van der Waals surface area contributed by atoms with Crippen molar-refractivity contribution in [2.75, 3.05) is 13.1 Å². The van der Waals surface area contributed by atoms with Crippen molar-refractivity contribution in [1.82, 2.24) is 14.1 Å². The molecule has 1 fully saturated rings. The van der Waals surface area contributed by atoms with Crippen LogP contribution >= 0.6 is 11.6 Å². The molecule has 0 saturated carbocycles. The molecule has 1 aromatic carbocycles. The maximum absolute atomic E-state index is 12.8. The second-order valence-electron chi connectivity index (χ2n) is 6.19. The second-order valence-corrected chi connectivity index (χ2v) is 8.45. The Labute approximate surface area is 141 Å². The van der Waals surface area contributed by atoms with E-state index in [9.17, 15) is 8.42 Å². The number of nitrogens with zero attached hydrogens (tertiary/aromatic N) is 3. The Bertz CT molecular complexity index is 805. The Hall–Kier alpha value is -1.37. The van der Waals surface area contributed by atoms with Gasteiger partial charge in [0.05, 0.1) is 11.2 Å². The Morgan fingerprint density at radius 3 is 2.43 bits per heavy atom. The van der Waals surface area contributed by atoms with Gasteiger partial charge < -0.3 is 0 Å². The summed E-state index contributed by atoms with van der Waals surface area (Å²) in [4.78, 5) is 0. The van der Waals surface area contributed by atoms with Gasteiger partial charge in [0, 0.05) is 20.1 Å². The normalized spacial score (nSPS) is 19.4. The Balaban J connectivity index is 1.87. The quantitative estimate of drug-likeness (QED) is 0.852. The summed E-state index contributed by atoms with van der Waals surface area (Å²) in [6.45, 7) is 5.11. The van der Waals surface area contributed by atoms with E-state index in [4.69, 9.17) is 11.6 Å². The van der Waals surface area contributed by atoms with Crippen molar-refractivity contribution in [3.8, 4) is 0 Å². The van der Waals surface area contributed by atoms with Gasteiger partial charge in [-0.05, 0) is 31.7 Å². The van der Waals surface area contributed by atoms with E-state index in [1.807, 2.05) is 0 Å². The molecule has 0 bridgehead atoms. The highest BCUT2D eigenvalue weighted by molar-refractivity contribution is 7.89. The molecular weight excluding hydrogens is 334 g/mol. The average molecular weight is 354 g/mol. The fourth-order valence-corrected chi connectivity index (χ4v) is 5.38. The molecule has 1 saturated heterocycles. The molecule has 0 spiro atoms. The Morgan fingerprint density at radius 1 is 1.22 bits per heavy atom. The van der Waals surface area contributed by atoms with Crippen LogP contribution in [0.15, 0.2) is 29.4 Å². The minimum Gasteiger partial charge on any atom is -0.255 e. The van der Waals surface area contributed by atoms with Gasteiger partial charge in [0.2, 0.25) is 0 Å². The zero-order chi connectivity index (χ0) is 16.8. The van der Waals surface area contributed by atoms with Gasteiger partial charge in [-0.2, -0.15) is 9.40 Å². The largest absolute Gasteiger partial charge is 0.261 e. The molecule has 1 aliphatic heterocycles. The molecule has 0 radical (unpaired) electrons. The first-order valence-electron chi connectivity index (χ1n) is 7.55. The average Bonchev–Trinajstić information content (AvgIpc) is 3.05. The standard InChI is InChI=1S/C16H20ClN3O2S/c1-11-6-12(2)8-14(7-11)13-4-5-20(10-13)23(21,22)16-15(17)9-18-19(16)3/h6-9,13H,4-5,10H2,1-3H3/t13-/m0/s1. The van der Waals surface area contributed by atoms with Crippen molar-refractivity contribution in [3.05, 3.63) is 46.1 Å². The van der Waals surface area contributed by atoms with Crippen LogP contribution in [-0.4, -0.2) is 35.6 Å². The first-order chi connectivity index (χ1) is 10.8. The van der Waals surface area contributed by atoms with Gasteiger partial charge in [0.1, 0.15) is 0 Å². The van der Waals surface area contributed by atoms with Gasteiger partial charge in [-0.3, -0.25) is 4.68 Å². The summed E-state index contributed by atoms with van der Waals surface area (Å²) in [7, 11) is -2.02. The van der Waals surface area contributed by atoms with Gasteiger partial charge >= 0.3 is 0 Å². The number of benzene rings is 1. The van der Waals surface area contributed by atoms with E-state index in [-0.39, 0.29) is 16.0 Å². The van der Waals surface area contributed by atoms with Crippen LogP contribution in [0.2, 0.25) is 5.02 Å². The molecule has 3 rings (SSSR count). The van der Waals surface area contributed by atoms with Gasteiger partial charge in [-0.15, -0.1) is 0 Å². The predicted octanol–water partition coefficient (Wildman–Crippen LogP) is 2.87. The lowest BCUT2D eigenvalue weighted by Crippen LogP contribution is -2.30. The smallest absolute Gasteiger partial charge is 0.255 e. The summed E-state index contributed by atoms with van der Waals surface area (Å²) in [6.07, 6.45) is 2.18. The van der Waals surface area contributed by atoms with Crippen molar-refractivity contribution in [3.63, 3.8) is 0 Å². The van der Waals surface area contributed by atoms with Gasteiger partial charge in [-0.1, -0.05) is 40.9 Å². The van der Waals surface area contributed by atoms with Crippen LogP contribution < -0.4 is 0 Å². The minimum atomic E-state index is -3.62. The summed E-state index contributed by atoms with van der Waals surface area (Å²) in [5, 5.41) is 4.17. The molecule has 5 nitrogen and oxygen atoms in total. The molecule has 2 heterocycles. The fourth-order valence-electron chi connectivity index (χ4n) is 3.28. The number of hydrogen-bond donors (Lipinski definition) is 0. The number of rotatable bonds is 3. The van der Waals surface area contributed by atoms with Crippen molar-refractivity contribution >= 4 is 21.6 Å². The van der Waals surface area contributed by atoms with Crippen molar-refractivity contribution in [2.24, 2.45) is 7.05 Å². The number of halogens is 1. The fraction of sp³-hybridized carbons (Fsp3) is 0.438. The monoisotopic (exact) mass is 353 g/mol. The number of aromatic nitrogens is 2. The van der Waals surface area contributed by atoms with Crippen LogP contribution in [0, 0.1) is 13.8 Å². The molecule has 7 heteroatoms.